The summed E-state index contributed by atoms with van der Waals surface area (Å²) in [4.78, 5) is 16.7. The fraction of sp³-hybridized carbons (Fsp3) is 0.391. The van der Waals surface area contributed by atoms with Crippen LogP contribution in [0.4, 0.5) is 0 Å². The first-order valence-electron chi connectivity index (χ1n) is 10.1. The van der Waals surface area contributed by atoms with Crippen LogP contribution in [0.3, 0.4) is 0 Å². The smallest absolute Gasteiger partial charge is 0.223 e. The van der Waals surface area contributed by atoms with Crippen LogP contribution in [0.1, 0.15) is 37.1 Å². The molecule has 0 atom stereocenters. The summed E-state index contributed by atoms with van der Waals surface area (Å²) in [7, 11) is 0. The number of imidazole rings is 1. The van der Waals surface area contributed by atoms with E-state index < -0.39 is 0 Å². The highest BCUT2D eigenvalue weighted by Gasteiger charge is 2.29. The third-order valence-corrected chi connectivity index (χ3v) is 5.14. The summed E-state index contributed by atoms with van der Waals surface area (Å²) < 4.78 is 8.09. The number of rotatable bonds is 9. The van der Waals surface area contributed by atoms with Crippen molar-refractivity contribution in [3.63, 3.8) is 0 Å². The summed E-state index contributed by atoms with van der Waals surface area (Å²) in [5.41, 5.74) is 3.31. The number of carbonyl (C=O) groups is 1. The molecule has 1 fully saturated rings. The molecule has 146 valence electrons. The van der Waals surface area contributed by atoms with Crippen LogP contribution in [-0.4, -0.2) is 22.1 Å². The number of fused-ring (bicyclic) bond motifs is 1. The van der Waals surface area contributed by atoms with Gasteiger partial charge in [0.15, 0.2) is 0 Å². The number of aryl methyl sites for hydroxylation is 2. The van der Waals surface area contributed by atoms with Crippen LogP contribution in [0.5, 0.6) is 5.75 Å². The number of nitrogens with one attached hydrogen (secondary N) is 1. The zero-order valence-corrected chi connectivity index (χ0v) is 16.4. The lowest BCUT2D eigenvalue weighted by Gasteiger charge is -2.11. The predicted octanol–water partition coefficient (Wildman–Crippen LogP) is 4.23. The van der Waals surface area contributed by atoms with E-state index in [4.69, 9.17) is 9.72 Å². The first kappa shape index (κ1) is 18.5. The predicted molar refractivity (Wildman–Crippen MR) is 110 cm³/mol. The summed E-state index contributed by atoms with van der Waals surface area (Å²) >= 11 is 0. The number of benzene rings is 2. The van der Waals surface area contributed by atoms with Crippen molar-refractivity contribution in [1.29, 1.82) is 0 Å². The van der Waals surface area contributed by atoms with Crippen molar-refractivity contribution in [3.05, 3.63) is 59.9 Å². The molecule has 5 nitrogen and oxygen atoms in total. The van der Waals surface area contributed by atoms with E-state index in [9.17, 15) is 4.79 Å². The number of hydrogen-bond donors (Lipinski definition) is 1. The maximum absolute atomic E-state index is 12.0. The Morgan fingerprint density at radius 2 is 2.04 bits per heavy atom. The molecule has 1 heterocycles. The highest BCUT2D eigenvalue weighted by Crippen LogP contribution is 2.29. The van der Waals surface area contributed by atoms with Gasteiger partial charge in [-0.1, -0.05) is 24.3 Å². The Labute approximate surface area is 165 Å². The topological polar surface area (TPSA) is 56.1 Å². The summed E-state index contributed by atoms with van der Waals surface area (Å²) in [6.45, 7) is 4.13. The van der Waals surface area contributed by atoms with Crippen LogP contribution in [0.2, 0.25) is 0 Å². The van der Waals surface area contributed by atoms with Gasteiger partial charge in [-0.15, -0.1) is 0 Å². The Morgan fingerprint density at radius 3 is 2.86 bits per heavy atom. The SMILES string of the molecule is Cc1cccc(OCCCCn2c(CNC(=O)C3CC3)nc3ccccc32)c1. The molecule has 1 saturated carbocycles. The number of carbonyl (C=O) groups excluding carboxylic acids is 1. The van der Waals surface area contributed by atoms with Crippen LogP contribution in [0.25, 0.3) is 11.0 Å². The molecule has 0 unspecified atom stereocenters. The van der Waals surface area contributed by atoms with E-state index in [1.165, 1.54) is 5.56 Å². The molecule has 2 aromatic carbocycles. The van der Waals surface area contributed by atoms with Gasteiger partial charge in [-0.05, 0) is 62.4 Å². The minimum Gasteiger partial charge on any atom is -0.494 e. The zero-order valence-electron chi connectivity index (χ0n) is 16.4. The van der Waals surface area contributed by atoms with E-state index in [1.807, 2.05) is 30.3 Å². The first-order valence-corrected chi connectivity index (χ1v) is 10.1. The standard InChI is InChI=1S/C23H27N3O2/c1-17-7-6-8-19(15-17)28-14-5-4-13-26-21-10-3-2-9-20(21)25-22(26)16-24-23(27)18-11-12-18/h2-3,6-10,15,18H,4-5,11-14,16H2,1H3,(H,24,27). The zero-order chi connectivity index (χ0) is 19.3. The van der Waals surface area contributed by atoms with Crippen molar-refractivity contribution in [2.45, 2.75) is 45.7 Å². The van der Waals surface area contributed by atoms with E-state index in [1.54, 1.807) is 0 Å². The van der Waals surface area contributed by atoms with E-state index in [0.717, 1.165) is 54.8 Å². The van der Waals surface area contributed by atoms with Crippen molar-refractivity contribution in [2.75, 3.05) is 6.61 Å². The number of nitrogens with zero attached hydrogens (tertiary/aromatic N) is 2. The second-order valence-corrected chi connectivity index (χ2v) is 7.53. The monoisotopic (exact) mass is 377 g/mol. The lowest BCUT2D eigenvalue weighted by molar-refractivity contribution is -0.122. The molecule has 1 aliphatic carbocycles. The van der Waals surface area contributed by atoms with Crippen molar-refractivity contribution < 1.29 is 9.53 Å². The molecule has 5 heteroatoms. The van der Waals surface area contributed by atoms with Gasteiger partial charge < -0.3 is 14.6 Å². The van der Waals surface area contributed by atoms with Crippen LogP contribution in [0, 0.1) is 12.8 Å². The molecule has 4 rings (SSSR count). The number of hydrogen-bond acceptors (Lipinski definition) is 3. The Kier molecular flexibility index (Phi) is 5.60. The first-order chi connectivity index (χ1) is 13.7. The largest absolute Gasteiger partial charge is 0.494 e. The van der Waals surface area contributed by atoms with Crippen molar-refractivity contribution in [1.82, 2.24) is 14.9 Å². The third kappa shape index (κ3) is 4.53. The molecule has 1 aliphatic rings. The molecule has 0 saturated heterocycles. The number of aromatic nitrogens is 2. The van der Waals surface area contributed by atoms with Crippen LogP contribution >= 0.6 is 0 Å². The van der Waals surface area contributed by atoms with E-state index >= 15 is 0 Å². The molecule has 0 radical (unpaired) electrons. The van der Waals surface area contributed by atoms with Gasteiger partial charge in [0.05, 0.1) is 24.2 Å². The van der Waals surface area contributed by atoms with Gasteiger partial charge in [0, 0.05) is 12.5 Å². The molecular formula is C23H27N3O2. The maximum atomic E-state index is 12.0. The van der Waals surface area contributed by atoms with Crippen molar-refractivity contribution in [2.24, 2.45) is 5.92 Å². The van der Waals surface area contributed by atoms with E-state index in [2.05, 4.69) is 35.0 Å². The number of ether oxygens (including phenoxy) is 1. The Morgan fingerprint density at radius 1 is 1.18 bits per heavy atom. The molecule has 1 aromatic heterocycles. The van der Waals surface area contributed by atoms with Gasteiger partial charge in [-0.25, -0.2) is 4.98 Å². The highest BCUT2D eigenvalue weighted by atomic mass is 16.5. The van der Waals surface area contributed by atoms with Gasteiger partial charge >= 0.3 is 0 Å². The fourth-order valence-corrected chi connectivity index (χ4v) is 3.43. The average molecular weight is 377 g/mol. The average Bonchev–Trinajstić information content (AvgIpc) is 3.49. The Hall–Kier alpha value is -2.82. The van der Waals surface area contributed by atoms with E-state index in [0.29, 0.717) is 13.2 Å². The normalized spacial score (nSPS) is 13.6. The molecule has 1 amide bonds. The van der Waals surface area contributed by atoms with E-state index in [-0.39, 0.29) is 11.8 Å². The molecule has 3 aromatic rings. The summed E-state index contributed by atoms with van der Waals surface area (Å²) in [5.74, 6) is 2.23. The summed E-state index contributed by atoms with van der Waals surface area (Å²) in [6.07, 6.45) is 4.00. The molecule has 1 N–H and O–H groups in total. The second-order valence-electron chi connectivity index (χ2n) is 7.53. The summed E-state index contributed by atoms with van der Waals surface area (Å²) in [6, 6.07) is 16.3. The van der Waals surface area contributed by atoms with Gasteiger partial charge in [0.25, 0.3) is 0 Å². The van der Waals surface area contributed by atoms with Crippen molar-refractivity contribution >= 4 is 16.9 Å². The fourth-order valence-electron chi connectivity index (χ4n) is 3.43. The van der Waals surface area contributed by atoms with Crippen LogP contribution in [-0.2, 0) is 17.9 Å². The lowest BCUT2D eigenvalue weighted by atomic mass is 10.2. The van der Waals surface area contributed by atoms with Gasteiger partial charge in [-0.3, -0.25) is 4.79 Å². The highest BCUT2D eigenvalue weighted by molar-refractivity contribution is 5.81. The number of para-hydroxylation sites is 2. The molecular weight excluding hydrogens is 350 g/mol. The summed E-state index contributed by atoms with van der Waals surface area (Å²) in [5, 5.41) is 3.04. The lowest BCUT2D eigenvalue weighted by Crippen LogP contribution is -2.26. The van der Waals surface area contributed by atoms with Crippen LogP contribution < -0.4 is 10.1 Å². The van der Waals surface area contributed by atoms with Gasteiger partial charge in [-0.2, -0.15) is 0 Å². The van der Waals surface area contributed by atoms with Gasteiger partial charge in [0.2, 0.25) is 5.91 Å². The van der Waals surface area contributed by atoms with Crippen LogP contribution in [0.15, 0.2) is 48.5 Å². The molecule has 0 aliphatic heterocycles. The molecule has 0 spiro atoms. The maximum Gasteiger partial charge on any atom is 0.223 e. The Balaban J connectivity index is 1.34. The molecule has 28 heavy (non-hydrogen) atoms. The minimum absolute atomic E-state index is 0.158. The molecule has 0 bridgehead atoms. The van der Waals surface area contributed by atoms with Crippen molar-refractivity contribution in [3.8, 4) is 5.75 Å². The second kappa shape index (κ2) is 8.46. The quantitative estimate of drug-likeness (QED) is 0.568. The number of unbranched alkanes of at least 4 members (excludes halogenated alkanes) is 1. The minimum atomic E-state index is 0.158. The van der Waals surface area contributed by atoms with Gasteiger partial charge in [0.1, 0.15) is 11.6 Å². The Bertz CT molecular complexity index is 959. The third-order valence-electron chi connectivity index (χ3n) is 5.14. The number of amides is 1.